The molecule has 33 heavy (non-hydrogen) atoms. The molecule has 0 saturated carbocycles. The number of thioether (sulfide) groups is 2. The second-order valence-corrected chi connectivity index (χ2v) is 11.6. The predicted molar refractivity (Wildman–Crippen MR) is 136 cm³/mol. The van der Waals surface area contributed by atoms with Crippen molar-refractivity contribution in [2.75, 3.05) is 24.6 Å². The Kier molecular flexibility index (Phi) is 10.1. The molecule has 0 bridgehead atoms. The van der Waals surface area contributed by atoms with Crippen molar-refractivity contribution in [3.63, 3.8) is 0 Å². The fourth-order valence-electron chi connectivity index (χ4n) is 4.60. The summed E-state index contributed by atoms with van der Waals surface area (Å²) in [5.41, 5.74) is 6.00. The lowest BCUT2D eigenvalue weighted by Gasteiger charge is -2.16. The van der Waals surface area contributed by atoms with Crippen molar-refractivity contribution in [1.82, 2.24) is 26.6 Å². The molecule has 4 heterocycles. The molecule has 4 fully saturated rings. The Morgan fingerprint density at radius 1 is 0.939 bits per heavy atom. The van der Waals surface area contributed by atoms with Crippen LogP contribution in [-0.2, 0) is 4.79 Å². The molecule has 0 radical (unpaired) electrons. The first-order chi connectivity index (χ1) is 15.9. The summed E-state index contributed by atoms with van der Waals surface area (Å²) in [6, 6.07) is 1.26. The standard InChI is InChI=1S/C13H21N3O2S.C9H17N3OS/c1-8(2)12(17)14-6-4-3-5-10-11-9(7-19-10)15-13(18)16-11;10-4-2-1-3-7-8-6(5-14-7)11-9(13)12-8/h9-11H,1,3-7H2,2H3,(H,14,17)(H2,15,16,18);6-8H,1-5,10H2,(H2,11,12,13)/t9-,10-,11-;6-,7-,8-/m00/s1. The van der Waals surface area contributed by atoms with Gasteiger partial charge in [-0.2, -0.15) is 23.5 Å². The molecule has 9 nitrogen and oxygen atoms in total. The molecule has 0 spiro atoms. The molecule has 11 heteroatoms. The molecule has 4 aliphatic rings. The van der Waals surface area contributed by atoms with Crippen molar-refractivity contribution in [1.29, 1.82) is 0 Å². The molecule has 5 amide bonds. The van der Waals surface area contributed by atoms with Crippen LogP contribution in [0.15, 0.2) is 12.2 Å². The number of unbranched alkanes of at least 4 members (excludes halogenated alkanes) is 2. The monoisotopic (exact) mass is 498 g/mol. The summed E-state index contributed by atoms with van der Waals surface area (Å²) in [6.07, 6.45) is 6.55. The fourth-order valence-corrected chi connectivity index (χ4v) is 7.69. The molecule has 4 saturated heterocycles. The highest BCUT2D eigenvalue weighted by atomic mass is 32.2. The summed E-state index contributed by atoms with van der Waals surface area (Å²) in [5.74, 6) is 1.99. The van der Waals surface area contributed by atoms with Gasteiger partial charge in [0, 0.05) is 34.1 Å². The summed E-state index contributed by atoms with van der Waals surface area (Å²) in [7, 11) is 0. The van der Waals surface area contributed by atoms with E-state index in [4.69, 9.17) is 5.73 Å². The van der Waals surface area contributed by atoms with Crippen molar-refractivity contribution in [2.24, 2.45) is 5.73 Å². The van der Waals surface area contributed by atoms with E-state index in [0.717, 1.165) is 43.7 Å². The third-order valence-corrected chi connectivity index (χ3v) is 9.42. The topological polar surface area (TPSA) is 137 Å². The van der Waals surface area contributed by atoms with Crippen molar-refractivity contribution in [3.8, 4) is 0 Å². The SMILES string of the molecule is C=C(C)C(=O)NCCCC[C@@H]1SC[C@@H]2NC(=O)N[C@@H]21.NCCCC[C@@H]1SC[C@@H]2NC(=O)N[C@@H]21. The lowest BCUT2D eigenvalue weighted by Crippen LogP contribution is -2.36. The summed E-state index contributed by atoms with van der Waals surface area (Å²) >= 11 is 3.90. The lowest BCUT2D eigenvalue weighted by molar-refractivity contribution is -0.117. The van der Waals surface area contributed by atoms with Crippen molar-refractivity contribution < 1.29 is 14.4 Å². The molecule has 6 atom stereocenters. The first-order valence-electron chi connectivity index (χ1n) is 11.9. The van der Waals surface area contributed by atoms with E-state index < -0.39 is 0 Å². The normalized spacial score (nSPS) is 31.3. The average molecular weight is 499 g/mol. The molecule has 7 N–H and O–H groups in total. The second-order valence-electron chi connectivity index (χ2n) is 9.06. The number of fused-ring (bicyclic) bond motifs is 2. The highest BCUT2D eigenvalue weighted by molar-refractivity contribution is 8.00. The van der Waals surface area contributed by atoms with E-state index >= 15 is 0 Å². The zero-order valence-electron chi connectivity index (χ0n) is 19.4. The Morgan fingerprint density at radius 3 is 1.94 bits per heavy atom. The van der Waals surface area contributed by atoms with E-state index in [0.29, 0.717) is 40.7 Å². The molecule has 4 rings (SSSR count). The van der Waals surface area contributed by atoms with Gasteiger partial charge in [0.05, 0.1) is 24.2 Å². The van der Waals surface area contributed by atoms with E-state index in [-0.39, 0.29) is 24.0 Å². The first-order valence-corrected chi connectivity index (χ1v) is 14.0. The summed E-state index contributed by atoms with van der Waals surface area (Å²) in [4.78, 5) is 33.6. The maximum absolute atomic E-state index is 11.3. The smallest absolute Gasteiger partial charge is 0.315 e. The van der Waals surface area contributed by atoms with Crippen molar-refractivity contribution >= 4 is 41.5 Å². The van der Waals surface area contributed by atoms with Gasteiger partial charge in [-0.1, -0.05) is 19.4 Å². The van der Waals surface area contributed by atoms with Crippen LogP contribution in [0.25, 0.3) is 0 Å². The minimum Gasteiger partial charge on any atom is -0.352 e. The number of carbonyl (C=O) groups is 3. The van der Waals surface area contributed by atoms with Gasteiger partial charge in [0.15, 0.2) is 0 Å². The molecular weight excluding hydrogens is 460 g/mol. The fraction of sp³-hybridized carbons (Fsp3) is 0.773. The molecule has 0 unspecified atom stereocenters. The lowest BCUT2D eigenvalue weighted by atomic mass is 10.0. The molecule has 0 aromatic rings. The number of carbonyl (C=O) groups excluding carboxylic acids is 3. The minimum atomic E-state index is -0.0671. The highest BCUT2D eigenvalue weighted by Gasteiger charge is 2.43. The van der Waals surface area contributed by atoms with E-state index in [9.17, 15) is 14.4 Å². The molecule has 0 aromatic heterocycles. The van der Waals surface area contributed by atoms with E-state index in [2.05, 4.69) is 33.2 Å². The Balaban J connectivity index is 0.000000194. The third-order valence-electron chi connectivity index (χ3n) is 6.41. The quantitative estimate of drug-likeness (QED) is 0.153. The number of hydrogen-bond donors (Lipinski definition) is 6. The Labute approximate surface area is 205 Å². The van der Waals surface area contributed by atoms with Gasteiger partial charge in [0.25, 0.3) is 0 Å². The van der Waals surface area contributed by atoms with Gasteiger partial charge < -0.3 is 32.3 Å². The maximum Gasteiger partial charge on any atom is 0.315 e. The van der Waals surface area contributed by atoms with Crippen LogP contribution >= 0.6 is 23.5 Å². The summed E-state index contributed by atoms with van der Waals surface area (Å²) < 4.78 is 0. The number of hydrogen-bond acceptors (Lipinski definition) is 6. The third kappa shape index (κ3) is 7.45. The van der Waals surface area contributed by atoms with Crippen molar-refractivity contribution in [3.05, 3.63) is 12.2 Å². The van der Waals surface area contributed by atoms with E-state index in [1.807, 2.05) is 23.5 Å². The summed E-state index contributed by atoms with van der Waals surface area (Å²) in [6.45, 7) is 6.78. The zero-order chi connectivity index (χ0) is 23.8. The van der Waals surface area contributed by atoms with E-state index in [1.165, 1.54) is 12.8 Å². The molecule has 0 aromatic carbocycles. The number of nitrogens with two attached hydrogens (primary N) is 1. The van der Waals surface area contributed by atoms with Gasteiger partial charge in [-0.25, -0.2) is 9.59 Å². The number of amides is 5. The average Bonchev–Trinajstić information content (AvgIpc) is 3.51. The molecule has 0 aliphatic carbocycles. The van der Waals surface area contributed by atoms with Crippen LogP contribution < -0.4 is 32.3 Å². The predicted octanol–water partition coefficient (Wildman–Crippen LogP) is 1.30. The second kappa shape index (κ2) is 12.8. The number of urea groups is 2. The van der Waals surface area contributed by atoms with Crippen LogP contribution in [0.3, 0.4) is 0 Å². The zero-order valence-corrected chi connectivity index (χ0v) is 21.0. The number of nitrogens with one attached hydrogen (secondary N) is 5. The van der Waals surface area contributed by atoms with Gasteiger partial charge in [-0.05, 0) is 39.2 Å². The first kappa shape index (κ1) is 26.0. The van der Waals surface area contributed by atoms with E-state index in [1.54, 1.807) is 6.92 Å². The Morgan fingerprint density at radius 2 is 1.45 bits per heavy atom. The molecular formula is C22H38N6O3S2. The Bertz CT molecular complexity index is 724. The number of rotatable bonds is 10. The van der Waals surface area contributed by atoms with Crippen LogP contribution in [0.2, 0.25) is 0 Å². The van der Waals surface area contributed by atoms with Crippen LogP contribution in [0.5, 0.6) is 0 Å². The van der Waals surface area contributed by atoms with Gasteiger partial charge in [-0.15, -0.1) is 0 Å². The molecule has 4 aliphatic heterocycles. The maximum atomic E-state index is 11.3. The van der Waals surface area contributed by atoms with Crippen molar-refractivity contribution in [2.45, 2.75) is 80.1 Å². The summed E-state index contributed by atoms with van der Waals surface area (Å²) in [5, 5.41) is 15.8. The largest absolute Gasteiger partial charge is 0.352 e. The van der Waals surface area contributed by atoms with Crippen LogP contribution in [0, 0.1) is 0 Å². The van der Waals surface area contributed by atoms with Gasteiger partial charge in [0.2, 0.25) is 5.91 Å². The van der Waals surface area contributed by atoms with Crippen LogP contribution in [-0.4, -0.2) is 77.2 Å². The molecule has 186 valence electrons. The van der Waals surface area contributed by atoms with Gasteiger partial charge >= 0.3 is 12.1 Å². The minimum absolute atomic E-state index is 0.00382. The highest BCUT2D eigenvalue weighted by Crippen LogP contribution is 2.33. The van der Waals surface area contributed by atoms with Crippen LogP contribution in [0.4, 0.5) is 9.59 Å². The van der Waals surface area contributed by atoms with Crippen LogP contribution in [0.1, 0.15) is 45.4 Å². The Hall–Kier alpha value is -1.59. The van der Waals surface area contributed by atoms with Gasteiger partial charge in [-0.3, -0.25) is 4.79 Å². The van der Waals surface area contributed by atoms with Gasteiger partial charge in [0.1, 0.15) is 0 Å².